The third kappa shape index (κ3) is 2.32. The van der Waals surface area contributed by atoms with E-state index in [1.807, 2.05) is 25.2 Å². The highest BCUT2D eigenvalue weighted by molar-refractivity contribution is 7.15. The zero-order valence-corrected chi connectivity index (χ0v) is 13.1. The molecule has 1 atom stereocenters. The van der Waals surface area contributed by atoms with E-state index in [2.05, 4.69) is 5.32 Å². The Kier molecular flexibility index (Phi) is 3.96. The van der Waals surface area contributed by atoms with Crippen LogP contribution in [-0.4, -0.2) is 19.1 Å². The fraction of sp³-hybridized carbons (Fsp3) is 0.400. The SMILES string of the molecule is CNC1CCCc2sc(-c3c(Cl)cccc3OC)nc21. The number of halogens is 1. The summed E-state index contributed by atoms with van der Waals surface area (Å²) < 4.78 is 5.43. The fourth-order valence-electron chi connectivity index (χ4n) is 2.69. The molecule has 0 amide bonds. The fourth-order valence-corrected chi connectivity index (χ4v) is 4.23. The van der Waals surface area contributed by atoms with Crippen molar-refractivity contribution in [2.45, 2.75) is 25.3 Å². The van der Waals surface area contributed by atoms with Crippen LogP contribution in [0.1, 0.15) is 29.5 Å². The third-order valence-corrected chi connectivity index (χ3v) is 5.18. The van der Waals surface area contributed by atoms with Crippen molar-refractivity contribution in [3.63, 3.8) is 0 Å². The van der Waals surface area contributed by atoms with E-state index in [9.17, 15) is 0 Å². The number of nitrogens with zero attached hydrogens (tertiary/aromatic N) is 1. The molecular weight excluding hydrogens is 292 g/mol. The number of fused-ring (bicyclic) bond motifs is 1. The Bertz CT molecular complexity index is 626. The first kappa shape index (κ1) is 13.9. The maximum absolute atomic E-state index is 6.35. The molecule has 1 N–H and O–H groups in total. The van der Waals surface area contributed by atoms with Gasteiger partial charge in [-0.15, -0.1) is 11.3 Å². The molecule has 0 saturated heterocycles. The first-order chi connectivity index (χ1) is 9.74. The van der Waals surface area contributed by atoms with Crippen molar-refractivity contribution in [3.8, 4) is 16.3 Å². The standard InChI is InChI=1S/C15H17ClN2OS/c1-17-10-6-4-8-12-14(10)18-15(20-12)13-9(16)5-3-7-11(13)19-2/h3,5,7,10,17H,4,6,8H2,1-2H3. The van der Waals surface area contributed by atoms with Gasteiger partial charge in [0.05, 0.1) is 29.4 Å². The van der Waals surface area contributed by atoms with Crippen molar-refractivity contribution in [2.75, 3.05) is 14.2 Å². The molecule has 0 aliphatic heterocycles. The molecule has 1 aromatic heterocycles. The summed E-state index contributed by atoms with van der Waals surface area (Å²) in [5, 5.41) is 5.00. The van der Waals surface area contributed by atoms with E-state index in [1.165, 1.54) is 17.0 Å². The maximum atomic E-state index is 6.35. The van der Waals surface area contributed by atoms with Gasteiger partial charge in [-0.25, -0.2) is 4.98 Å². The van der Waals surface area contributed by atoms with Gasteiger partial charge in [0.1, 0.15) is 10.8 Å². The van der Waals surface area contributed by atoms with E-state index in [0.29, 0.717) is 11.1 Å². The number of nitrogens with one attached hydrogen (secondary N) is 1. The van der Waals surface area contributed by atoms with E-state index in [1.54, 1.807) is 18.4 Å². The van der Waals surface area contributed by atoms with Crippen LogP contribution in [0.15, 0.2) is 18.2 Å². The zero-order chi connectivity index (χ0) is 14.1. The van der Waals surface area contributed by atoms with E-state index in [4.69, 9.17) is 21.3 Å². The molecule has 3 rings (SSSR count). The van der Waals surface area contributed by atoms with Crippen LogP contribution in [0.3, 0.4) is 0 Å². The van der Waals surface area contributed by atoms with Gasteiger partial charge in [-0.1, -0.05) is 17.7 Å². The molecule has 3 nitrogen and oxygen atoms in total. The summed E-state index contributed by atoms with van der Waals surface area (Å²) in [5.41, 5.74) is 2.09. The highest BCUT2D eigenvalue weighted by Gasteiger charge is 2.25. The van der Waals surface area contributed by atoms with Gasteiger partial charge < -0.3 is 10.1 Å². The Labute approximate surface area is 127 Å². The molecule has 1 aliphatic carbocycles. The summed E-state index contributed by atoms with van der Waals surface area (Å²) in [4.78, 5) is 6.20. The topological polar surface area (TPSA) is 34.1 Å². The minimum absolute atomic E-state index is 0.359. The highest BCUT2D eigenvalue weighted by Crippen LogP contribution is 2.42. The molecule has 0 fully saturated rings. The molecule has 1 aromatic carbocycles. The molecule has 1 heterocycles. The minimum Gasteiger partial charge on any atom is -0.496 e. The molecular formula is C15H17ClN2OS. The average Bonchev–Trinajstić information content (AvgIpc) is 2.90. The van der Waals surface area contributed by atoms with Gasteiger partial charge >= 0.3 is 0 Å². The summed E-state index contributed by atoms with van der Waals surface area (Å²) in [6, 6.07) is 6.07. The largest absolute Gasteiger partial charge is 0.496 e. The lowest BCUT2D eigenvalue weighted by molar-refractivity contribution is 0.416. The summed E-state index contributed by atoms with van der Waals surface area (Å²) in [6.07, 6.45) is 3.46. The Morgan fingerprint density at radius 1 is 1.45 bits per heavy atom. The van der Waals surface area contributed by atoms with Crippen molar-refractivity contribution >= 4 is 22.9 Å². The van der Waals surface area contributed by atoms with Crippen molar-refractivity contribution in [2.24, 2.45) is 0 Å². The van der Waals surface area contributed by atoms with Crippen molar-refractivity contribution in [1.29, 1.82) is 0 Å². The number of thiazole rings is 1. The molecule has 1 unspecified atom stereocenters. The molecule has 0 bridgehead atoms. The van der Waals surface area contributed by atoms with Crippen molar-refractivity contribution < 1.29 is 4.74 Å². The van der Waals surface area contributed by atoms with E-state index >= 15 is 0 Å². The zero-order valence-electron chi connectivity index (χ0n) is 11.6. The van der Waals surface area contributed by atoms with Crippen LogP contribution < -0.4 is 10.1 Å². The first-order valence-electron chi connectivity index (χ1n) is 6.74. The van der Waals surface area contributed by atoms with Crippen molar-refractivity contribution in [1.82, 2.24) is 10.3 Å². The Balaban J connectivity index is 2.10. The maximum Gasteiger partial charge on any atom is 0.130 e. The average molecular weight is 309 g/mol. The van der Waals surface area contributed by atoms with Crippen LogP contribution in [0.4, 0.5) is 0 Å². The summed E-state index contributed by atoms with van der Waals surface area (Å²) in [5.74, 6) is 0.782. The lowest BCUT2D eigenvalue weighted by atomic mass is 9.98. The van der Waals surface area contributed by atoms with Gasteiger partial charge in [0.15, 0.2) is 0 Å². The van der Waals surface area contributed by atoms with Crippen molar-refractivity contribution in [3.05, 3.63) is 33.8 Å². The predicted molar refractivity (Wildman–Crippen MR) is 83.9 cm³/mol. The van der Waals surface area contributed by atoms with E-state index < -0.39 is 0 Å². The summed E-state index contributed by atoms with van der Waals surface area (Å²) >= 11 is 8.08. The van der Waals surface area contributed by atoms with Gasteiger partial charge in [0.2, 0.25) is 0 Å². The number of rotatable bonds is 3. The van der Waals surface area contributed by atoms with E-state index in [0.717, 1.165) is 29.2 Å². The van der Waals surface area contributed by atoms with Crippen LogP contribution in [0.2, 0.25) is 5.02 Å². The minimum atomic E-state index is 0.359. The van der Waals surface area contributed by atoms with Gasteiger partial charge in [-0.3, -0.25) is 0 Å². The molecule has 0 radical (unpaired) electrons. The molecule has 0 saturated carbocycles. The van der Waals surface area contributed by atoms with Crippen LogP contribution in [0.25, 0.3) is 10.6 Å². The molecule has 20 heavy (non-hydrogen) atoms. The van der Waals surface area contributed by atoms with Gasteiger partial charge in [0.25, 0.3) is 0 Å². The molecule has 1 aliphatic rings. The Morgan fingerprint density at radius 3 is 3.05 bits per heavy atom. The number of aromatic nitrogens is 1. The quantitative estimate of drug-likeness (QED) is 0.928. The lowest BCUT2D eigenvalue weighted by Gasteiger charge is -2.19. The number of ether oxygens (including phenoxy) is 1. The van der Waals surface area contributed by atoms with Crippen LogP contribution in [-0.2, 0) is 6.42 Å². The number of hydrogen-bond acceptors (Lipinski definition) is 4. The number of aryl methyl sites for hydroxylation is 1. The second-order valence-electron chi connectivity index (χ2n) is 4.88. The lowest BCUT2D eigenvalue weighted by Crippen LogP contribution is -2.21. The van der Waals surface area contributed by atoms with Gasteiger partial charge in [-0.05, 0) is 38.4 Å². The Hall–Kier alpha value is -1.10. The summed E-state index contributed by atoms with van der Waals surface area (Å²) in [6.45, 7) is 0. The molecule has 0 spiro atoms. The monoisotopic (exact) mass is 308 g/mol. The number of benzene rings is 1. The third-order valence-electron chi connectivity index (χ3n) is 3.71. The van der Waals surface area contributed by atoms with E-state index in [-0.39, 0.29) is 0 Å². The van der Waals surface area contributed by atoms with Gasteiger partial charge in [-0.2, -0.15) is 0 Å². The first-order valence-corrected chi connectivity index (χ1v) is 7.93. The summed E-state index contributed by atoms with van der Waals surface area (Å²) in [7, 11) is 3.66. The molecule has 106 valence electrons. The second kappa shape index (κ2) is 5.72. The highest BCUT2D eigenvalue weighted by atomic mass is 35.5. The van der Waals surface area contributed by atoms with Crippen LogP contribution >= 0.6 is 22.9 Å². The number of hydrogen-bond donors (Lipinski definition) is 1. The predicted octanol–water partition coefficient (Wildman–Crippen LogP) is 4.07. The molecule has 5 heteroatoms. The second-order valence-corrected chi connectivity index (χ2v) is 6.37. The van der Waals surface area contributed by atoms with Gasteiger partial charge in [0, 0.05) is 4.88 Å². The smallest absolute Gasteiger partial charge is 0.130 e. The van der Waals surface area contributed by atoms with Crippen LogP contribution in [0.5, 0.6) is 5.75 Å². The number of methoxy groups -OCH3 is 1. The normalized spacial score (nSPS) is 17.9. The Morgan fingerprint density at radius 2 is 2.30 bits per heavy atom. The van der Waals surface area contributed by atoms with Crippen LogP contribution in [0, 0.1) is 0 Å². The molecule has 2 aromatic rings.